The van der Waals surface area contributed by atoms with Crippen LogP contribution in [0.5, 0.6) is 0 Å². The molecule has 2 unspecified atom stereocenters. The standard InChI is InChI=1S/C14H18O3/c1-13(16)6-8-14(9-7-13)11-5-3-2-4-10(11)12(15)17-14/h2-5,10-11,16H,6-9H2,1H3. The van der Waals surface area contributed by atoms with E-state index in [-0.39, 0.29) is 23.4 Å². The van der Waals surface area contributed by atoms with Gasteiger partial charge in [-0.25, -0.2) is 0 Å². The molecule has 3 rings (SSSR count). The van der Waals surface area contributed by atoms with Crippen molar-refractivity contribution in [1.29, 1.82) is 0 Å². The van der Waals surface area contributed by atoms with Gasteiger partial charge in [-0.15, -0.1) is 0 Å². The molecule has 1 saturated carbocycles. The van der Waals surface area contributed by atoms with Crippen LogP contribution in [0.15, 0.2) is 24.3 Å². The monoisotopic (exact) mass is 234 g/mol. The molecule has 92 valence electrons. The Hall–Kier alpha value is -1.09. The smallest absolute Gasteiger partial charge is 0.314 e. The van der Waals surface area contributed by atoms with Crippen LogP contribution in [0.4, 0.5) is 0 Å². The average molecular weight is 234 g/mol. The third kappa shape index (κ3) is 1.64. The largest absolute Gasteiger partial charge is 0.458 e. The molecule has 1 spiro atoms. The maximum Gasteiger partial charge on any atom is 0.314 e. The fourth-order valence-electron chi connectivity index (χ4n) is 3.32. The normalized spacial score (nSPS) is 48.2. The highest BCUT2D eigenvalue weighted by Gasteiger charge is 2.56. The van der Waals surface area contributed by atoms with Crippen molar-refractivity contribution in [2.75, 3.05) is 0 Å². The summed E-state index contributed by atoms with van der Waals surface area (Å²) in [7, 11) is 0. The molecule has 1 saturated heterocycles. The van der Waals surface area contributed by atoms with E-state index in [4.69, 9.17) is 4.74 Å². The lowest BCUT2D eigenvalue weighted by molar-refractivity contribution is -0.157. The molecule has 3 heteroatoms. The Balaban J connectivity index is 1.87. The number of carbonyl (C=O) groups excluding carboxylic acids is 1. The molecule has 0 radical (unpaired) electrons. The Labute approximate surface area is 101 Å². The van der Waals surface area contributed by atoms with Gasteiger partial charge in [0.2, 0.25) is 0 Å². The van der Waals surface area contributed by atoms with Crippen molar-refractivity contribution in [1.82, 2.24) is 0 Å². The zero-order valence-electron chi connectivity index (χ0n) is 10.1. The molecular weight excluding hydrogens is 216 g/mol. The van der Waals surface area contributed by atoms with Crippen molar-refractivity contribution in [3.05, 3.63) is 24.3 Å². The Morgan fingerprint density at radius 2 is 1.88 bits per heavy atom. The lowest BCUT2D eigenvalue weighted by Gasteiger charge is -2.42. The highest BCUT2D eigenvalue weighted by Crippen LogP contribution is 2.50. The van der Waals surface area contributed by atoms with E-state index < -0.39 is 5.60 Å². The summed E-state index contributed by atoms with van der Waals surface area (Å²) in [5.74, 6) is -0.0451. The molecule has 2 atom stereocenters. The van der Waals surface area contributed by atoms with Gasteiger partial charge in [0.15, 0.2) is 0 Å². The van der Waals surface area contributed by atoms with E-state index in [1.807, 2.05) is 25.2 Å². The average Bonchev–Trinajstić information content (AvgIpc) is 2.59. The van der Waals surface area contributed by atoms with E-state index in [2.05, 4.69) is 6.08 Å². The van der Waals surface area contributed by atoms with Gasteiger partial charge in [-0.05, 0) is 32.6 Å². The quantitative estimate of drug-likeness (QED) is 0.652. The second kappa shape index (κ2) is 3.45. The van der Waals surface area contributed by atoms with Gasteiger partial charge in [-0.2, -0.15) is 0 Å². The molecule has 17 heavy (non-hydrogen) atoms. The first-order valence-corrected chi connectivity index (χ1v) is 6.33. The molecule has 2 fully saturated rings. The Bertz CT molecular complexity index is 396. The zero-order chi connectivity index (χ0) is 12.1. The van der Waals surface area contributed by atoms with Gasteiger partial charge in [0, 0.05) is 5.92 Å². The predicted molar refractivity (Wildman–Crippen MR) is 63.2 cm³/mol. The number of allylic oxidation sites excluding steroid dienone is 2. The van der Waals surface area contributed by atoms with E-state index >= 15 is 0 Å². The number of hydrogen-bond donors (Lipinski definition) is 1. The van der Waals surface area contributed by atoms with E-state index in [0.29, 0.717) is 12.8 Å². The van der Waals surface area contributed by atoms with Crippen LogP contribution in [0.3, 0.4) is 0 Å². The van der Waals surface area contributed by atoms with Crippen LogP contribution < -0.4 is 0 Å². The third-order valence-corrected chi connectivity index (χ3v) is 4.49. The third-order valence-electron chi connectivity index (χ3n) is 4.49. The highest BCUT2D eigenvalue weighted by molar-refractivity contribution is 5.79. The molecule has 3 nitrogen and oxygen atoms in total. The fourth-order valence-corrected chi connectivity index (χ4v) is 3.32. The minimum atomic E-state index is -0.593. The van der Waals surface area contributed by atoms with Crippen LogP contribution in [0, 0.1) is 11.8 Å². The van der Waals surface area contributed by atoms with Gasteiger partial charge >= 0.3 is 5.97 Å². The topological polar surface area (TPSA) is 46.5 Å². The maximum atomic E-state index is 11.9. The van der Waals surface area contributed by atoms with Crippen LogP contribution in [-0.2, 0) is 9.53 Å². The number of rotatable bonds is 0. The summed E-state index contributed by atoms with van der Waals surface area (Å²) >= 11 is 0. The number of hydrogen-bond acceptors (Lipinski definition) is 3. The van der Waals surface area contributed by atoms with Crippen molar-refractivity contribution < 1.29 is 14.6 Å². The summed E-state index contributed by atoms with van der Waals surface area (Å²) in [6.07, 6.45) is 10.9. The molecule has 0 aromatic heterocycles. The van der Waals surface area contributed by atoms with Gasteiger partial charge in [-0.3, -0.25) is 4.79 Å². The second-order valence-electron chi connectivity index (χ2n) is 5.80. The first-order valence-electron chi connectivity index (χ1n) is 6.33. The molecule has 1 aliphatic heterocycles. The summed E-state index contributed by atoms with van der Waals surface area (Å²) in [6.45, 7) is 1.87. The number of aliphatic hydroxyl groups is 1. The summed E-state index contributed by atoms with van der Waals surface area (Å²) in [5, 5.41) is 10.0. The summed E-state index contributed by atoms with van der Waals surface area (Å²) in [4.78, 5) is 11.9. The van der Waals surface area contributed by atoms with Crippen molar-refractivity contribution in [3.8, 4) is 0 Å². The van der Waals surface area contributed by atoms with E-state index in [0.717, 1.165) is 12.8 Å². The molecule has 0 aromatic carbocycles. The van der Waals surface area contributed by atoms with Crippen LogP contribution >= 0.6 is 0 Å². The number of ether oxygens (including phenoxy) is 1. The Kier molecular flexibility index (Phi) is 2.24. The highest BCUT2D eigenvalue weighted by atomic mass is 16.6. The SMILES string of the molecule is CC1(O)CCC2(CC1)OC(=O)C1C=CC=CC12. The lowest BCUT2D eigenvalue weighted by Crippen LogP contribution is -2.45. The van der Waals surface area contributed by atoms with Gasteiger partial charge in [0.1, 0.15) is 5.60 Å². The lowest BCUT2D eigenvalue weighted by atomic mass is 9.68. The maximum absolute atomic E-state index is 11.9. The molecule has 0 amide bonds. The molecular formula is C14H18O3. The minimum absolute atomic E-state index is 0.0999. The van der Waals surface area contributed by atoms with E-state index in [1.165, 1.54) is 0 Å². The van der Waals surface area contributed by atoms with Crippen molar-refractivity contribution in [2.24, 2.45) is 11.8 Å². The van der Waals surface area contributed by atoms with Gasteiger partial charge < -0.3 is 9.84 Å². The van der Waals surface area contributed by atoms with Gasteiger partial charge in [-0.1, -0.05) is 24.3 Å². The molecule has 0 bridgehead atoms. The second-order valence-corrected chi connectivity index (χ2v) is 5.80. The summed E-state index contributed by atoms with van der Waals surface area (Å²) < 4.78 is 5.68. The molecule has 2 aliphatic carbocycles. The Morgan fingerprint density at radius 1 is 1.24 bits per heavy atom. The minimum Gasteiger partial charge on any atom is -0.458 e. The van der Waals surface area contributed by atoms with E-state index in [9.17, 15) is 9.90 Å². The van der Waals surface area contributed by atoms with E-state index in [1.54, 1.807) is 0 Å². The predicted octanol–water partition coefficient (Wildman–Crippen LogP) is 1.97. The van der Waals surface area contributed by atoms with Crippen LogP contribution in [0.1, 0.15) is 32.6 Å². The summed E-state index contributed by atoms with van der Waals surface area (Å²) in [6, 6.07) is 0. The molecule has 1 heterocycles. The van der Waals surface area contributed by atoms with Crippen LogP contribution in [0.2, 0.25) is 0 Å². The first-order chi connectivity index (χ1) is 8.03. The molecule has 0 aromatic rings. The van der Waals surface area contributed by atoms with Crippen molar-refractivity contribution in [2.45, 2.75) is 43.8 Å². The first kappa shape index (κ1) is 11.0. The number of carbonyl (C=O) groups is 1. The zero-order valence-corrected chi connectivity index (χ0v) is 10.1. The van der Waals surface area contributed by atoms with Gasteiger partial charge in [0.05, 0.1) is 11.5 Å². The Morgan fingerprint density at radius 3 is 2.59 bits per heavy atom. The number of fused-ring (bicyclic) bond motifs is 2. The van der Waals surface area contributed by atoms with Crippen LogP contribution in [-0.4, -0.2) is 22.3 Å². The number of esters is 1. The summed E-state index contributed by atoms with van der Waals surface area (Å²) in [5.41, 5.74) is -0.949. The molecule has 3 aliphatic rings. The van der Waals surface area contributed by atoms with Gasteiger partial charge in [0.25, 0.3) is 0 Å². The fraction of sp³-hybridized carbons (Fsp3) is 0.643. The van der Waals surface area contributed by atoms with Crippen molar-refractivity contribution >= 4 is 5.97 Å². The van der Waals surface area contributed by atoms with Crippen molar-refractivity contribution in [3.63, 3.8) is 0 Å². The van der Waals surface area contributed by atoms with Crippen LogP contribution in [0.25, 0.3) is 0 Å². The molecule has 1 N–H and O–H groups in total.